The molecule has 0 aliphatic heterocycles. The van der Waals surface area contributed by atoms with Crippen molar-refractivity contribution in [2.75, 3.05) is 0 Å². The minimum Gasteiger partial charge on any atom is -0.502 e. The topological polar surface area (TPSA) is 112 Å². The molecule has 0 bridgehead atoms. The quantitative estimate of drug-likeness (QED) is 0.347. The first-order valence-corrected chi connectivity index (χ1v) is 5.72. The molecule has 2 rings (SSSR count). The summed E-state index contributed by atoms with van der Waals surface area (Å²) in [6, 6.07) is 3.90. The van der Waals surface area contributed by atoms with Gasteiger partial charge in [0, 0.05) is 11.6 Å². The van der Waals surface area contributed by atoms with Crippen LogP contribution in [-0.4, -0.2) is 31.1 Å². The monoisotopic (exact) mass is 297 g/mol. The van der Waals surface area contributed by atoms with Crippen LogP contribution in [0.5, 0.6) is 5.75 Å². The number of aromatic nitrogens is 3. The van der Waals surface area contributed by atoms with E-state index in [9.17, 15) is 15.2 Å². The summed E-state index contributed by atoms with van der Waals surface area (Å²) in [5, 5.41) is 29.2. The lowest BCUT2D eigenvalue weighted by Crippen LogP contribution is -1.93. The molecule has 1 aromatic carbocycles. The molecule has 0 spiro atoms. The van der Waals surface area contributed by atoms with Crippen molar-refractivity contribution >= 4 is 36.3 Å². The minimum absolute atomic E-state index is 0.273. The van der Waals surface area contributed by atoms with Gasteiger partial charge in [0.15, 0.2) is 5.75 Å². The highest BCUT2D eigenvalue weighted by atomic mass is 32.1. The SMILES string of the molecule is O=[N+]([O-])c1cc(/C=N/n2c(=S)[nH][nH]c2=S)ccc1O. The Hall–Kier alpha value is -2.33. The maximum Gasteiger partial charge on any atom is 0.311 e. The minimum atomic E-state index is -0.680. The van der Waals surface area contributed by atoms with Crippen LogP contribution in [0.25, 0.3) is 0 Å². The molecule has 0 atom stereocenters. The molecule has 1 heterocycles. The fourth-order valence-electron chi connectivity index (χ4n) is 1.30. The molecule has 10 heteroatoms. The predicted molar refractivity (Wildman–Crippen MR) is 72.6 cm³/mol. The van der Waals surface area contributed by atoms with E-state index >= 15 is 0 Å². The van der Waals surface area contributed by atoms with E-state index < -0.39 is 16.4 Å². The fourth-order valence-corrected chi connectivity index (χ4v) is 1.74. The smallest absolute Gasteiger partial charge is 0.311 e. The first-order valence-electron chi connectivity index (χ1n) is 4.90. The van der Waals surface area contributed by atoms with Crippen molar-refractivity contribution in [3.8, 4) is 5.75 Å². The lowest BCUT2D eigenvalue weighted by molar-refractivity contribution is -0.385. The predicted octanol–water partition coefficient (Wildman–Crippen LogP) is 2.10. The van der Waals surface area contributed by atoms with Gasteiger partial charge in [0.1, 0.15) is 0 Å². The maximum absolute atomic E-state index is 10.7. The number of nitro groups is 1. The number of hydrogen-bond acceptors (Lipinski definition) is 6. The molecule has 3 N–H and O–H groups in total. The molecule has 0 aliphatic rings. The summed E-state index contributed by atoms with van der Waals surface area (Å²) in [6.07, 6.45) is 1.35. The van der Waals surface area contributed by atoms with Crippen LogP contribution in [0.3, 0.4) is 0 Å². The van der Waals surface area contributed by atoms with E-state index in [-0.39, 0.29) is 9.54 Å². The summed E-state index contributed by atoms with van der Waals surface area (Å²) < 4.78 is 1.80. The van der Waals surface area contributed by atoms with Crippen LogP contribution in [-0.2, 0) is 0 Å². The second-order valence-electron chi connectivity index (χ2n) is 3.42. The number of phenols is 1. The lowest BCUT2D eigenvalue weighted by atomic mass is 10.2. The van der Waals surface area contributed by atoms with Gasteiger partial charge in [0.05, 0.1) is 11.1 Å². The molecular weight excluding hydrogens is 290 g/mol. The van der Waals surface area contributed by atoms with E-state index in [4.69, 9.17) is 24.4 Å². The van der Waals surface area contributed by atoms with Gasteiger partial charge in [0.25, 0.3) is 0 Å². The number of rotatable bonds is 3. The van der Waals surface area contributed by atoms with Crippen LogP contribution >= 0.6 is 24.4 Å². The van der Waals surface area contributed by atoms with Crippen LogP contribution in [0.2, 0.25) is 0 Å². The van der Waals surface area contributed by atoms with Crippen molar-refractivity contribution in [3.63, 3.8) is 0 Å². The third-order valence-electron chi connectivity index (χ3n) is 2.18. The Morgan fingerprint density at radius 3 is 2.58 bits per heavy atom. The third-order valence-corrected chi connectivity index (χ3v) is 2.73. The van der Waals surface area contributed by atoms with Crippen molar-refractivity contribution < 1.29 is 10.0 Å². The van der Waals surface area contributed by atoms with Gasteiger partial charge >= 0.3 is 5.69 Å². The number of aromatic amines is 2. The average molecular weight is 297 g/mol. The first-order chi connectivity index (χ1) is 8.99. The van der Waals surface area contributed by atoms with Crippen LogP contribution in [0.1, 0.15) is 5.56 Å². The van der Waals surface area contributed by atoms with Crippen LogP contribution in [0.4, 0.5) is 5.69 Å². The molecule has 2 aromatic rings. The van der Waals surface area contributed by atoms with Crippen LogP contribution in [0, 0.1) is 19.7 Å². The molecule has 8 nitrogen and oxygen atoms in total. The highest BCUT2D eigenvalue weighted by molar-refractivity contribution is 7.72. The molecule has 0 radical (unpaired) electrons. The zero-order chi connectivity index (χ0) is 14.0. The molecule has 0 saturated heterocycles. The van der Waals surface area contributed by atoms with Gasteiger partial charge in [-0.3, -0.25) is 20.3 Å². The molecule has 0 fully saturated rings. The van der Waals surface area contributed by atoms with Crippen molar-refractivity contribution in [1.29, 1.82) is 0 Å². The van der Waals surface area contributed by atoms with Gasteiger partial charge in [-0.1, -0.05) is 0 Å². The number of nitrogens with one attached hydrogen (secondary N) is 2. The molecule has 19 heavy (non-hydrogen) atoms. The highest BCUT2D eigenvalue weighted by Gasteiger charge is 2.12. The van der Waals surface area contributed by atoms with Gasteiger partial charge in [-0.15, -0.1) is 0 Å². The van der Waals surface area contributed by atoms with E-state index in [1.54, 1.807) is 0 Å². The van der Waals surface area contributed by atoms with E-state index in [1.165, 1.54) is 29.1 Å². The van der Waals surface area contributed by atoms with Crippen molar-refractivity contribution in [2.45, 2.75) is 0 Å². The number of nitrogens with zero attached hydrogens (tertiary/aromatic N) is 3. The second kappa shape index (κ2) is 5.12. The summed E-state index contributed by atoms with van der Waals surface area (Å²) in [5.74, 6) is -0.405. The fraction of sp³-hybridized carbons (Fsp3) is 0. The van der Waals surface area contributed by atoms with Crippen molar-refractivity contribution in [1.82, 2.24) is 14.9 Å². The van der Waals surface area contributed by atoms with Crippen molar-refractivity contribution in [3.05, 3.63) is 43.4 Å². The Balaban J connectivity index is 2.40. The van der Waals surface area contributed by atoms with Gasteiger partial charge in [-0.2, -0.15) is 9.78 Å². The van der Waals surface area contributed by atoms with Crippen molar-refractivity contribution in [2.24, 2.45) is 5.10 Å². The molecule has 0 aliphatic carbocycles. The van der Waals surface area contributed by atoms with E-state index in [2.05, 4.69) is 15.3 Å². The first kappa shape index (κ1) is 13.1. The van der Waals surface area contributed by atoms with Gasteiger partial charge < -0.3 is 5.11 Å². The van der Waals surface area contributed by atoms with E-state index in [1.807, 2.05) is 0 Å². The summed E-state index contributed by atoms with van der Waals surface area (Å²) >= 11 is 9.85. The summed E-state index contributed by atoms with van der Waals surface area (Å²) in [7, 11) is 0. The standard InChI is InChI=1S/C9H7N5O3S2/c15-7-2-1-5(3-6(7)14(16)17)4-10-13-8(18)11-12-9(13)19/h1-4,15H,(H,11,18)(H,12,19)/b10-4+. The Morgan fingerprint density at radius 2 is 2.00 bits per heavy atom. The van der Waals surface area contributed by atoms with E-state index in [0.29, 0.717) is 5.56 Å². The average Bonchev–Trinajstić information content (AvgIpc) is 2.68. The Kier molecular flexibility index (Phi) is 3.53. The number of benzene rings is 1. The molecule has 98 valence electrons. The van der Waals surface area contributed by atoms with Gasteiger partial charge in [-0.05, 0) is 36.6 Å². The molecule has 1 aromatic heterocycles. The summed E-state index contributed by atoms with van der Waals surface area (Å²) in [4.78, 5) is 9.99. The lowest BCUT2D eigenvalue weighted by Gasteiger charge is -1.97. The molecule has 0 amide bonds. The maximum atomic E-state index is 10.7. The number of hydrogen-bond donors (Lipinski definition) is 3. The molecule has 0 saturated carbocycles. The van der Waals surface area contributed by atoms with Crippen LogP contribution < -0.4 is 0 Å². The zero-order valence-electron chi connectivity index (χ0n) is 9.23. The normalized spacial score (nSPS) is 10.9. The number of nitro benzene ring substituents is 1. The summed E-state index contributed by atoms with van der Waals surface area (Å²) in [6.45, 7) is 0. The third kappa shape index (κ3) is 2.74. The number of phenolic OH excluding ortho intramolecular Hbond substituents is 1. The zero-order valence-corrected chi connectivity index (χ0v) is 10.9. The Morgan fingerprint density at radius 1 is 1.37 bits per heavy atom. The number of aromatic hydroxyl groups is 1. The summed E-state index contributed by atoms with van der Waals surface area (Å²) in [5.41, 5.74) is 0.0359. The second-order valence-corrected chi connectivity index (χ2v) is 4.20. The Bertz CT molecular complexity index is 745. The van der Waals surface area contributed by atoms with Gasteiger partial charge in [-0.25, -0.2) is 0 Å². The largest absolute Gasteiger partial charge is 0.502 e. The number of H-pyrrole nitrogens is 2. The Labute approximate surface area is 116 Å². The molecule has 0 unspecified atom stereocenters. The molecular formula is C9H7N5O3S2. The van der Waals surface area contributed by atoms with E-state index in [0.717, 1.165) is 0 Å². The van der Waals surface area contributed by atoms with Crippen LogP contribution in [0.15, 0.2) is 23.3 Å². The highest BCUT2D eigenvalue weighted by Crippen LogP contribution is 2.25. The van der Waals surface area contributed by atoms with Gasteiger partial charge in [0.2, 0.25) is 9.54 Å².